The molecule has 0 radical (unpaired) electrons. The summed E-state index contributed by atoms with van der Waals surface area (Å²) in [7, 11) is 0. The summed E-state index contributed by atoms with van der Waals surface area (Å²) in [6.07, 6.45) is 5.92. The molecule has 0 spiro atoms. The Bertz CT molecular complexity index is 179. The van der Waals surface area contributed by atoms with Gasteiger partial charge in [-0.05, 0) is 38.3 Å². The topological polar surface area (TPSA) is 15.3 Å². The van der Waals surface area contributed by atoms with Crippen molar-refractivity contribution in [2.24, 2.45) is 5.92 Å². The van der Waals surface area contributed by atoms with Crippen LogP contribution in [0.2, 0.25) is 0 Å². The third kappa shape index (κ3) is 4.80. The van der Waals surface area contributed by atoms with Crippen LogP contribution in [0.25, 0.3) is 0 Å². The van der Waals surface area contributed by atoms with Crippen LogP contribution in [-0.4, -0.2) is 37.1 Å². The summed E-state index contributed by atoms with van der Waals surface area (Å²) in [5, 5.41) is 3.62. The molecule has 2 heteroatoms. The summed E-state index contributed by atoms with van der Waals surface area (Å²) < 4.78 is 0. The Labute approximate surface area is 94.7 Å². The first kappa shape index (κ1) is 12.7. The van der Waals surface area contributed by atoms with Crippen molar-refractivity contribution < 1.29 is 0 Å². The normalized spacial score (nSPS) is 26.9. The van der Waals surface area contributed by atoms with E-state index in [-0.39, 0.29) is 0 Å². The fraction of sp³-hybridized carbons (Fsp3) is 0.846. The van der Waals surface area contributed by atoms with E-state index in [1.54, 1.807) is 0 Å². The predicted octanol–water partition coefficient (Wildman–Crippen LogP) is 2.27. The van der Waals surface area contributed by atoms with Gasteiger partial charge in [0.05, 0.1) is 0 Å². The first-order chi connectivity index (χ1) is 7.26. The molecule has 1 rings (SSSR count). The lowest BCUT2D eigenvalue weighted by atomic mass is 9.94. The summed E-state index contributed by atoms with van der Waals surface area (Å²) in [5.74, 6) is 0.892. The zero-order valence-electron chi connectivity index (χ0n) is 10.3. The van der Waals surface area contributed by atoms with Gasteiger partial charge in [0, 0.05) is 19.1 Å². The minimum absolute atomic E-state index is 0.695. The Hall–Kier alpha value is -0.340. The Morgan fingerprint density at radius 2 is 2.33 bits per heavy atom. The van der Waals surface area contributed by atoms with Gasteiger partial charge < -0.3 is 5.32 Å². The van der Waals surface area contributed by atoms with Gasteiger partial charge in [-0.3, -0.25) is 4.90 Å². The van der Waals surface area contributed by atoms with Crippen LogP contribution >= 0.6 is 0 Å². The van der Waals surface area contributed by atoms with Crippen LogP contribution in [0.3, 0.4) is 0 Å². The molecule has 0 saturated carbocycles. The zero-order chi connectivity index (χ0) is 11.1. The minimum Gasteiger partial charge on any atom is -0.313 e. The second kappa shape index (κ2) is 7.02. The third-order valence-corrected chi connectivity index (χ3v) is 3.16. The monoisotopic (exact) mass is 210 g/mol. The highest BCUT2D eigenvalue weighted by atomic mass is 15.1. The van der Waals surface area contributed by atoms with Crippen molar-refractivity contribution in [2.75, 3.05) is 26.2 Å². The van der Waals surface area contributed by atoms with Crippen LogP contribution in [-0.2, 0) is 0 Å². The van der Waals surface area contributed by atoms with Crippen LogP contribution in [0.4, 0.5) is 0 Å². The molecule has 88 valence electrons. The van der Waals surface area contributed by atoms with Crippen molar-refractivity contribution in [1.82, 2.24) is 10.2 Å². The smallest absolute Gasteiger partial charge is 0.0197 e. The van der Waals surface area contributed by atoms with Gasteiger partial charge in [-0.1, -0.05) is 19.9 Å². The largest absolute Gasteiger partial charge is 0.313 e. The number of rotatable bonds is 6. The van der Waals surface area contributed by atoms with Gasteiger partial charge in [0.1, 0.15) is 0 Å². The van der Waals surface area contributed by atoms with E-state index in [2.05, 4.69) is 30.6 Å². The molecule has 15 heavy (non-hydrogen) atoms. The molecule has 0 bridgehead atoms. The van der Waals surface area contributed by atoms with Crippen molar-refractivity contribution in [3.8, 4) is 0 Å². The molecule has 0 amide bonds. The lowest BCUT2D eigenvalue weighted by Crippen LogP contribution is -2.45. The van der Waals surface area contributed by atoms with Gasteiger partial charge in [-0.2, -0.15) is 0 Å². The predicted molar refractivity (Wildman–Crippen MR) is 67.1 cm³/mol. The lowest BCUT2D eigenvalue weighted by Gasteiger charge is -2.32. The van der Waals surface area contributed by atoms with Gasteiger partial charge >= 0.3 is 0 Å². The molecule has 2 nitrogen and oxygen atoms in total. The second-order valence-corrected chi connectivity index (χ2v) is 4.83. The zero-order valence-corrected chi connectivity index (χ0v) is 10.3. The second-order valence-electron chi connectivity index (χ2n) is 4.83. The molecular formula is C13H26N2. The number of nitrogens with one attached hydrogen (secondary N) is 1. The average Bonchev–Trinajstić information content (AvgIpc) is 2.18. The highest BCUT2D eigenvalue weighted by Gasteiger charge is 2.19. The molecule has 0 aromatic carbocycles. The van der Waals surface area contributed by atoms with E-state index in [1.165, 1.54) is 38.9 Å². The maximum absolute atomic E-state index is 3.83. The van der Waals surface area contributed by atoms with Gasteiger partial charge in [0.2, 0.25) is 0 Å². The lowest BCUT2D eigenvalue weighted by molar-refractivity contribution is 0.220. The number of hydrogen-bond acceptors (Lipinski definition) is 2. The summed E-state index contributed by atoms with van der Waals surface area (Å²) >= 11 is 0. The van der Waals surface area contributed by atoms with Crippen LogP contribution < -0.4 is 5.32 Å². The summed E-state index contributed by atoms with van der Waals surface area (Å²) in [5.41, 5.74) is 0. The molecule has 1 N–H and O–H groups in total. The van der Waals surface area contributed by atoms with Crippen molar-refractivity contribution in [2.45, 2.75) is 39.2 Å². The minimum atomic E-state index is 0.695. The summed E-state index contributed by atoms with van der Waals surface area (Å²) in [6, 6.07) is 0.695. The standard InChI is InChI=1S/C13H26N2/c1-4-8-15(9-5-2)11-13-10-12(3)6-7-14-13/h4,12-14H,1,5-11H2,2-3H3. The molecule has 1 heterocycles. The molecule has 1 aliphatic heterocycles. The molecule has 1 aliphatic rings. The quantitative estimate of drug-likeness (QED) is 0.677. The van der Waals surface area contributed by atoms with Crippen molar-refractivity contribution in [3.63, 3.8) is 0 Å². The van der Waals surface area contributed by atoms with E-state index in [4.69, 9.17) is 0 Å². The highest BCUT2D eigenvalue weighted by Crippen LogP contribution is 2.15. The van der Waals surface area contributed by atoms with Crippen molar-refractivity contribution in [1.29, 1.82) is 0 Å². The summed E-state index contributed by atoms with van der Waals surface area (Å²) in [6.45, 7) is 13.0. The molecule has 1 saturated heterocycles. The third-order valence-electron chi connectivity index (χ3n) is 3.16. The van der Waals surface area contributed by atoms with Crippen LogP contribution in [0.5, 0.6) is 0 Å². The van der Waals surface area contributed by atoms with Crippen LogP contribution in [0.1, 0.15) is 33.1 Å². The van der Waals surface area contributed by atoms with Crippen LogP contribution in [0, 0.1) is 5.92 Å². The number of hydrogen-bond donors (Lipinski definition) is 1. The van der Waals surface area contributed by atoms with Crippen LogP contribution in [0.15, 0.2) is 12.7 Å². The molecule has 1 fully saturated rings. The van der Waals surface area contributed by atoms with Gasteiger partial charge in [-0.25, -0.2) is 0 Å². The molecule has 2 atom stereocenters. The van der Waals surface area contributed by atoms with E-state index in [9.17, 15) is 0 Å². The molecular weight excluding hydrogens is 184 g/mol. The Balaban J connectivity index is 2.31. The molecule has 0 aromatic rings. The molecule has 0 aromatic heterocycles. The van der Waals surface area contributed by atoms with Gasteiger partial charge in [0.25, 0.3) is 0 Å². The van der Waals surface area contributed by atoms with E-state index in [1.807, 2.05) is 6.08 Å². The average molecular weight is 210 g/mol. The first-order valence-corrected chi connectivity index (χ1v) is 6.32. The van der Waals surface area contributed by atoms with Crippen molar-refractivity contribution >= 4 is 0 Å². The van der Waals surface area contributed by atoms with Gasteiger partial charge in [0.15, 0.2) is 0 Å². The van der Waals surface area contributed by atoms with Crippen molar-refractivity contribution in [3.05, 3.63) is 12.7 Å². The fourth-order valence-corrected chi connectivity index (χ4v) is 2.43. The van der Waals surface area contributed by atoms with E-state index in [0.29, 0.717) is 6.04 Å². The molecule has 2 unspecified atom stereocenters. The maximum Gasteiger partial charge on any atom is 0.0197 e. The molecule has 0 aliphatic carbocycles. The first-order valence-electron chi connectivity index (χ1n) is 6.32. The fourth-order valence-electron chi connectivity index (χ4n) is 2.43. The SMILES string of the molecule is C=CCN(CCC)CC1CC(C)CCN1. The Morgan fingerprint density at radius 1 is 1.53 bits per heavy atom. The highest BCUT2D eigenvalue weighted by molar-refractivity contribution is 4.82. The Morgan fingerprint density at radius 3 is 2.93 bits per heavy atom. The van der Waals surface area contributed by atoms with Gasteiger partial charge in [-0.15, -0.1) is 6.58 Å². The van der Waals surface area contributed by atoms with E-state index >= 15 is 0 Å². The number of piperidine rings is 1. The summed E-state index contributed by atoms with van der Waals surface area (Å²) in [4.78, 5) is 2.50. The maximum atomic E-state index is 3.83. The van der Waals surface area contributed by atoms with E-state index < -0.39 is 0 Å². The van der Waals surface area contributed by atoms with E-state index in [0.717, 1.165) is 12.5 Å². The number of nitrogens with zero attached hydrogens (tertiary/aromatic N) is 1. The Kier molecular flexibility index (Phi) is 5.96.